The lowest BCUT2D eigenvalue weighted by molar-refractivity contribution is 0.270. The van der Waals surface area contributed by atoms with Gasteiger partial charge in [0.15, 0.2) is 0 Å². The minimum Gasteiger partial charge on any atom is -0.492 e. The zero-order chi connectivity index (χ0) is 13.5. The first-order valence-electron chi connectivity index (χ1n) is 6.37. The SMILES string of the molecule is CNC(COc1cccc(Cl)c1)Cc1ccccc1. The van der Waals surface area contributed by atoms with Crippen molar-refractivity contribution in [3.8, 4) is 5.75 Å². The van der Waals surface area contributed by atoms with E-state index in [9.17, 15) is 0 Å². The predicted molar refractivity (Wildman–Crippen MR) is 79.9 cm³/mol. The molecule has 2 rings (SSSR count). The maximum Gasteiger partial charge on any atom is 0.120 e. The summed E-state index contributed by atoms with van der Waals surface area (Å²) in [6.07, 6.45) is 0.942. The minimum absolute atomic E-state index is 0.279. The predicted octanol–water partition coefficient (Wildman–Crippen LogP) is 3.55. The number of halogens is 1. The van der Waals surface area contributed by atoms with Crippen LogP contribution < -0.4 is 10.1 Å². The fourth-order valence-corrected chi connectivity index (χ4v) is 2.08. The molecule has 1 N–H and O–H groups in total. The van der Waals surface area contributed by atoms with Gasteiger partial charge >= 0.3 is 0 Å². The molecule has 1 unspecified atom stereocenters. The van der Waals surface area contributed by atoms with E-state index in [-0.39, 0.29) is 6.04 Å². The Morgan fingerprint density at radius 3 is 2.58 bits per heavy atom. The van der Waals surface area contributed by atoms with E-state index < -0.39 is 0 Å². The zero-order valence-electron chi connectivity index (χ0n) is 11.0. The van der Waals surface area contributed by atoms with Gasteiger partial charge in [-0.05, 0) is 37.2 Å². The van der Waals surface area contributed by atoms with Crippen LogP contribution in [0, 0.1) is 0 Å². The fourth-order valence-electron chi connectivity index (χ4n) is 1.90. The molecule has 0 heterocycles. The van der Waals surface area contributed by atoms with Crippen LogP contribution in [0.15, 0.2) is 54.6 Å². The van der Waals surface area contributed by atoms with Gasteiger partial charge in [0.25, 0.3) is 0 Å². The van der Waals surface area contributed by atoms with Crippen molar-refractivity contribution in [2.75, 3.05) is 13.7 Å². The highest BCUT2D eigenvalue weighted by Gasteiger charge is 2.08. The van der Waals surface area contributed by atoms with Gasteiger partial charge in [-0.3, -0.25) is 0 Å². The summed E-state index contributed by atoms with van der Waals surface area (Å²) in [6, 6.07) is 18.2. The Balaban J connectivity index is 1.89. The van der Waals surface area contributed by atoms with E-state index in [0.29, 0.717) is 11.6 Å². The standard InChI is InChI=1S/C16H18ClNO/c1-18-15(10-13-6-3-2-4-7-13)12-19-16-9-5-8-14(17)11-16/h2-9,11,15,18H,10,12H2,1H3. The second-order valence-electron chi connectivity index (χ2n) is 4.44. The smallest absolute Gasteiger partial charge is 0.120 e. The summed E-state index contributed by atoms with van der Waals surface area (Å²) in [6.45, 7) is 0.617. The van der Waals surface area contributed by atoms with E-state index in [1.165, 1.54) is 5.56 Å². The molecule has 2 aromatic carbocycles. The van der Waals surface area contributed by atoms with Crippen molar-refractivity contribution in [3.63, 3.8) is 0 Å². The van der Waals surface area contributed by atoms with Gasteiger partial charge in [0.1, 0.15) is 12.4 Å². The van der Waals surface area contributed by atoms with E-state index in [2.05, 4.69) is 29.6 Å². The molecule has 0 aliphatic rings. The lowest BCUT2D eigenvalue weighted by Gasteiger charge is -2.17. The molecule has 0 amide bonds. The van der Waals surface area contributed by atoms with E-state index in [4.69, 9.17) is 16.3 Å². The van der Waals surface area contributed by atoms with Gasteiger partial charge in [-0.1, -0.05) is 48.0 Å². The lowest BCUT2D eigenvalue weighted by atomic mass is 10.1. The highest BCUT2D eigenvalue weighted by Crippen LogP contribution is 2.17. The molecule has 0 aliphatic carbocycles. The van der Waals surface area contributed by atoms with Crippen LogP contribution in [0.2, 0.25) is 5.02 Å². The van der Waals surface area contributed by atoms with E-state index >= 15 is 0 Å². The number of nitrogens with one attached hydrogen (secondary N) is 1. The number of hydrogen-bond donors (Lipinski definition) is 1. The topological polar surface area (TPSA) is 21.3 Å². The van der Waals surface area contributed by atoms with Crippen LogP contribution in [0.5, 0.6) is 5.75 Å². The molecule has 19 heavy (non-hydrogen) atoms. The molecule has 1 atom stereocenters. The minimum atomic E-state index is 0.279. The van der Waals surface area contributed by atoms with Crippen molar-refractivity contribution in [2.45, 2.75) is 12.5 Å². The maximum atomic E-state index is 5.93. The summed E-state index contributed by atoms with van der Waals surface area (Å²) >= 11 is 5.93. The summed E-state index contributed by atoms with van der Waals surface area (Å²) in [5, 5.41) is 3.97. The molecular formula is C16H18ClNO. The zero-order valence-corrected chi connectivity index (χ0v) is 11.7. The Kier molecular flexibility index (Phi) is 5.25. The van der Waals surface area contributed by atoms with Crippen LogP contribution in [0.1, 0.15) is 5.56 Å². The number of likely N-dealkylation sites (N-methyl/N-ethyl adjacent to an activating group) is 1. The summed E-state index contributed by atoms with van der Waals surface area (Å²) in [4.78, 5) is 0. The Morgan fingerprint density at radius 1 is 1.11 bits per heavy atom. The highest BCUT2D eigenvalue weighted by atomic mass is 35.5. The van der Waals surface area contributed by atoms with Crippen LogP contribution in [-0.2, 0) is 6.42 Å². The summed E-state index contributed by atoms with van der Waals surface area (Å²) in [5.74, 6) is 0.806. The Bertz CT molecular complexity index is 501. The molecule has 2 nitrogen and oxygen atoms in total. The van der Waals surface area contributed by atoms with Crippen molar-refractivity contribution >= 4 is 11.6 Å². The van der Waals surface area contributed by atoms with E-state index in [1.807, 2.05) is 37.4 Å². The third-order valence-electron chi connectivity index (χ3n) is 2.98. The van der Waals surface area contributed by atoms with Crippen LogP contribution in [0.3, 0.4) is 0 Å². The molecular weight excluding hydrogens is 258 g/mol. The monoisotopic (exact) mass is 275 g/mol. The normalized spacial score (nSPS) is 12.1. The average molecular weight is 276 g/mol. The van der Waals surface area contributed by atoms with Gasteiger partial charge < -0.3 is 10.1 Å². The molecule has 0 radical (unpaired) electrons. The lowest BCUT2D eigenvalue weighted by Crippen LogP contribution is -2.33. The number of benzene rings is 2. The molecule has 3 heteroatoms. The van der Waals surface area contributed by atoms with Crippen molar-refractivity contribution < 1.29 is 4.74 Å². The molecule has 0 aromatic heterocycles. The molecule has 0 saturated heterocycles. The first-order chi connectivity index (χ1) is 9.28. The Labute approximate surface area is 119 Å². The summed E-state index contributed by atoms with van der Waals surface area (Å²) in [7, 11) is 1.95. The van der Waals surface area contributed by atoms with Crippen LogP contribution in [0.25, 0.3) is 0 Å². The molecule has 2 aromatic rings. The summed E-state index contributed by atoms with van der Waals surface area (Å²) < 4.78 is 5.77. The first-order valence-corrected chi connectivity index (χ1v) is 6.75. The van der Waals surface area contributed by atoms with Gasteiger partial charge in [0.2, 0.25) is 0 Å². The Hall–Kier alpha value is -1.51. The quantitative estimate of drug-likeness (QED) is 0.871. The Morgan fingerprint density at radius 2 is 1.89 bits per heavy atom. The average Bonchev–Trinajstić information content (AvgIpc) is 2.44. The van der Waals surface area contributed by atoms with Crippen molar-refractivity contribution in [1.29, 1.82) is 0 Å². The van der Waals surface area contributed by atoms with E-state index in [1.54, 1.807) is 0 Å². The number of rotatable bonds is 6. The van der Waals surface area contributed by atoms with Gasteiger partial charge in [0.05, 0.1) is 0 Å². The second kappa shape index (κ2) is 7.17. The number of ether oxygens (including phenoxy) is 1. The molecule has 0 bridgehead atoms. The van der Waals surface area contributed by atoms with Crippen molar-refractivity contribution in [3.05, 3.63) is 65.2 Å². The molecule has 0 spiro atoms. The second-order valence-corrected chi connectivity index (χ2v) is 4.88. The van der Waals surface area contributed by atoms with Crippen LogP contribution in [-0.4, -0.2) is 19.7 Å². The highest BCUT2D eigenvalue weighted by molar-refractivity contribution is 6.30. The third kappa shape index (κ3) is 4.58. The number of hydrogen-bond acceptors (Lipinski definition) is 2. The molecule has 0 aliphatic heterocycles. The van der Waals surface area contributed by atoms with Crippen molar-refractivity contribution in [2.24, 2.45) is 0 Å². The summed E-state index contributed by atoms with van der Waals surface area (Å²) in [5.41, 5.74) is 1.30. The van der Waals surface area contributed by atoms with Crippen molar-refractivity contribution in [1.82, 2.24) is 5.32 Å². The van der Waals surface area contributed by atoms with Gasteiger partial charge in [-0.15, -0.1) is 0 Å². The van der Waals surface area contributed by atoms with Gasteiger partial charge in [-0.2, -0.15) is 0 Å². The van der Waals surface area contributed by atoms with E-state index in [0.717, 1.165) is 12.2 Å². The van der Waals surface area contributed by atoms with Crippen LogP contribution in [0.4, 0.5) is 0 Å². The molecule has 100 valence electrons. The van der Waals surface area contributed by atoms with Gasteiger partial charge in [-0.25, -0.2) is 0 Å². The molecule has 0 saturated carbocycles. The fraction of sp³-hybridized carbons (Fsp3) is 0.250. The van der Waals surface area contributed by atoms with Gasteiger partial charge in [0, 0.05) is 11.1 Å². The molecule has 0 fully saturated rings. The first kappa shape index (κ1) is 13.9. The largest absolute Gasteiger partial charge is 0.492 e. The third-order valence-corrected chi connectivity index (χ3v) is 3.22. The van der Waals surface area contributed by atoms with Crippen LogP contribution >= 0.6 is 11.6 Å². The maximum absolute atomic E-state index is 5.93.